The predicted octanol–water partition coefficient (Wildman–Crippen LogP) is 1.34. The van der Waals surface area contributed by atoms with E-state index in [1.54, 1.807) is 22.9 Å². The number of nitrogens with zero attached hydrogens (tertiary/aromatic N) is 2. The molecule has 0 aromatic carbocycles. The Bertz CT molecular complexity index is 563. The van der Waals surface area contributed by atoms with Crippen molar-refractivity contribution in [1.82, 2.24) is 14.9 Å². The maximum absolute atomic E-state index is 11.5. The lowest BCUT2D eigenvalue weighted by molar-refractivity contribution is 0.584. The van der Waals surface area contributed by atoms with E-state index in [1.807, 2.05) is 31.5 Å². The average molecular weight is 243 g/mol. The highest BCUT2D eigenvalue weighted by atomic mass is 16.1. The number of rotatable bonds is 5. The van der Waals surface area contributed by atoms with Gasteiger partial charge in [0.15, 0.2) is 0 Å². The molecule has 0 bridgehead atoms. The van der Waals surface area contributed by atoms with Crippen LogP contribution in [0.2, 0.25) is 0 Å². The van der Waals surface area contributed by atoms with Gasteiger partial charge in [-0.15, -0.1) is 0 Å². The van der Waals surface area contributed by atoms with Crippen molar-refractivity contribution in [1.29, 1.82) is 0 Å². The zero-order valence-electron chi connectivity index (χ0n) is 10.5. The average Bonchev–Trinajstić information content (AvgIpc) is 2.38. The molecule has 0 aliphatic carbocycles. The lowest BCUT2D eigenvalue weighted by Crippen LogP contribution is -2.25. The summed E-state index contributed by atoms with van der Waals surface area (Å²) in [6, 6.07) is 7.21. The first-order chi connectivity index (χ1) is 8.77. The van der Waals surface area contributed by atoms with E-state index < -0.39 is 0 Å². The Morgan fingerprint density at radius 1 is 1.33 bits per heavy atom. The predicted molar refractivity (Wildman–Crippen MR) is 71.4 cm³/mol. The molecule has 18 heavy (non-hydrogen) atoms. The molecule has 2 rings (SSSR count). The van der Waals surface area contributed by atoms with Gasteiger partial charge < -0.3 is 9.88 Å². The first-order valence-corrected chi connectivity index (χ1v) is 6.03. The van der Waals surface area contributed by atoms with Crippen LogP contribution in [0.15, 0.2) is 47.7 Å². The quantitative estimate of drug-likeness (QED) is 0.806. The van der Waals surface area contributed by atoms with Crippen molar-refractivity contribution >= 4 is 0 Å². The fourth-order valence-electron chi connectivity index (χ4n) is 1.77. The first kappa shape index (κ1) is 12.5. The van der Waals surface area contributed by atoms with E-state index in [2.05, 4.69) is 10.3 Å². The Balaban J connectivity index is 1.82. The van der Waals surface area contributed by atoms with Gasteiger partial charge in [0.05, 0.1) is 0 Å². The van der Waals surface area contributed by atoms with E-state index in [9.17, 15) is 4.79 Å². The Kier molecular flexibility index (Phi) is 4.25. The van der Waals surface area contributed by atoms with Gasteiger partial charge in [0.25, 0.3) is 5.56 Å². The molecule has 0 saturated carbocycles. The summed E-state index contributed by atoms with van der Waals surface area (Å²) in [6.07, 6.45) is 5.46. The lowest BCUT2D eigenvalue weighted by atomic mass is 10.1. The number of aryl methyl sites for hydroxylation is 1. The van der Waals surface area contributed by atoms with Crippen LogP contribution in [0.5, 0.6) is 0 Å². The van der Waals surface area contributed by atoms with Crippen molar-refractivity contribution in [3.63, 3.8) is 0 Å². The fourth-order valence-corrected chi connectivity index (χ4v) is 1.77. The van der Waals surface area contributed by atoms with E-state index in [0.29, 0.717) is 6.54 Å². The van der Waals surface area contributed by atoms with Crippen LogP contribution >= 0.6 is 0 Å². The molecule has 0 spiro atoms. The van der Waals surface area contributed by atoms with Crippen LogP contribution in [0, 0.1) is 6.92 Å². The standard InChI is InChI=1S/C14H17N3O/c1-12-10-15-6-5-13(12)11-16-7-9-17-8-3-2-4-14(17)18/h2-6,8,10,16H,7,9,11H2,1H3. The van der Waals surface area contributed by atoms with Crippen LogP contribution in [-0.4, -0.2) is 16.1 Å². The third-order valence-electron chi connectivity index (χ3n) is 2.88. The molecule has 0 radical (unpaired) electrons. The summed E-state index contributed by atoms with van der Waals surface area (Å²) in [5, 5.41) is 3.33. The Morgan fingerprint density at radius 2 is 2.22 bits per heavy atom. The second-order valence-electron chi connectivity index (χ2n) is 4.21. The van der Waals surface area contributed by atoms with Crippen molar-refractivity contribution < 1.29 is 0 Å². The summed E-state index contributed by atoms with van der Waals surface area (Å²) in [5.74, 6) is 0. The van der Waals surface area contributed by atoms with Crippen LogP contribution < -0.4 is 10.9 Å². The molecule has 2 aromatic rings. The normalized spacial score (nSPS) is 10.5. The van der Waals surface area contributed by atoms with Crippen molar-refractivity contribution in [2.45, 2.75) is 20.0 Å². The van der Waals surface area contributed by atoms with Crippen LogP contribution in [0.4, 0.5) is 0 Å². The Hall–Kier alpha value is -1.94. The van der Waals surface area contributed by atoms with Crippen molar-refractivity contribution in [3.05, 3.63) is 64.3 Å². The molecule has 94 valence electrons. The van der Waals surface area contributed by atoms with Crippen molar-refractivity contribution in [2.75, 3.05) is 6.54 Å². The monoisotopic (exact) mass is 243 g/mol. The van der Waals surface area contributed by atoms with Gasteiger partial charge in [0.2, 0.25) is 0 Å². The number of hydrogen-bond donors (Lipinski definition) is 1. The van der Waals surface area contributed by atoms with Crippen LogP contribution in [0.25, 0.3) is 0 Å². The first-order valence-electron chi connectivity index (χ1n) is 6.03. The number of aromatic nitrogens is 2. The van der Waals surface area contributed by atoms with Gasteiger partial charge in [-0.05, 0) is 30.2 Å². The molecule has 4 nitrogen and oxygen atoms in total. The third-order valence-corrected chi connectivity index (χ3v) is 2.88. The zero-order chi connectivity index (χ0) is 12.8. The van der Waals surface area contributed by atoms with Crippen LogP contribution in [-0.2, 0) is 13.1 Å². The molecule has 0 fully saturated rings. The number of nitrogens with one attached hydrogen (secondary N) is 1. The molecule has 0 amide bonds. The molecule has 2 aromatic heterocycles. The molecule has 4 heteroatoms. The summed E-state index contributed by atoms with van der Waals surface area (Å²) in [7, 11) is 0. The zero-order valence-corrected chi connectivity index (χ0v) is 10.5. The third kappa shape index (κ3) is 3.28. The Morgan fingerprint density at radius 3 is 3.00 bits per heavy atom. The molecular weight excluding hydrogens is 226 g/mol. The van der Waals surface area contributed by atoms with E-state index in [0.717, 1.165) is 13.1 Å². The minimum atomic E-state index is 0.0411. The molecule has 0 atom stereocenters. The van der Waals surface area contributed by atoms with E-state index in [-0.39, 0.29) is 5.56 Å². The van der Waals surface area contributed by atoms with Gasteiger partial charge in [-0.2, -0.15) is 0 Å². The highest BCUT2D eigenvalue weighted by molar-refractivity contribution is 5.21. The van der Waals surface area contributed by atoms with Gasteiger partial charge >= 0.3 is 0 Å². The van der Waals surface area contributed by atoms with Gasteiger partial charge in [0.1, 0.15) is 0 Å². The minimum Gasteiger partial charge on any atom is -0.314 e. The van der Waals surface area contributed by atoms with Crippen molar-refractivity contribution in [3.8, 4) is 0 Å². The van der Waals surface area contributed by atoms with Crippen LogP contribution in [0.3, 0.4) is 0 Å². The second kappa shape index (κ2) is 6.12. The highest BCUT2D eigenvalue weighted by Gasteiger charge is 1.97. The number of hydrogen-bond acceptors (Lipinski definition) is 3. The van der Waals surface area contributed by atoms with Gasteiger partial charge in [-0.3, -0.25) is 9.78 Å². The van der Waals surface area contributed by atoms with E-state index in [4.69, 9.17) is 0 Å². The SMILES string of the molecule is Cc1cnccc1CNCCn1ccccc1=O. The lowest BCUT2D eigenvalue weighted by Gasteiger charge is -2.08. The smallest absolute Gasteiger partial charge is 0.250 e. The molecule has 0 saturated heterocycles. The molecule has 2 heterocycles. The van der Waals surface area contributed by atoms with Gasteiger partial charge in [-0.1, -0.05) is 6.07 Å². The minimum absolute atomic E-state index is 0.0411. The fraction of sp³-hybridized carbons (Fsp3) is 0.286. The molecule has 0 aliphatic heterocycles. The molecule has 0 unspecified atom stereocenters. The topological polar surface area (TPSA) is 46.9 Å². The highest BCUT2D eigenvalue weighted by Crippen LogP contribution is 2.03. The largest absolute Gasteiger partial charge is 0.314 e. The van der Waals surface area contributed by atoms with Crippen LogP contribution in [0.1, 0.15) is 11.1 Å². The molecular formula is C14H17N3O. The van der Waals surface area contributed by atoms with E-state index in [1.165, 1.54) is 11.1 Å². The summed E-state index contributed by atoms with van der Waals surface area (Å²) in [6.45, 7) is 4.30. The summed E-state index contributed by atoms with van der Waals surface area (Å²) >= 11 is 0. The van der Waals surface area contributed by atoms with E-state index >= 15 is 0 Å². The maximum atomic E-state index is 11.5. The van der Waals surface area contributed by atoms with Gasteiger partial charge in [0, 0.05) is 44.3 Å². The molecule has 0 aliphatic rings. The maximum Gasteiger partial charge on any atom is 0.250 e. The molecule has 1 N–H and O–H groups in total. The second-order valence-corrected chi connectivity index (χ2v) is 4.21. The summed E-state index contributed by atoms with van der Waals surface area (Å²) in [5.41, 5.74) is 2.46. The summed E-state index contributed by atoms with van der Waals surface area (Å²) in [4.78, 5) is 15.5. The summed E-state index contributed by atoms with van der Waals surface area (Å²) < 4.78 is 1.70. The van der Waals surface area contributed by atoms with Gasteiger partial charge in [-0.25, -0.2) is 0 Å². The Labute approximate surface area is 106 Å². The van der Waals surface area contributed by atoms with Crippen molar-refractivity contribution in [2.24, 2.45) is 0 Å². The number of pyridine rings is 2.